The van der Waals surface area contributed by atoms with Crippen LogP contribution in [0.3, 0.4) is 0 Å². The number of hydrogen-bond donors (Lipinski definition) is 2. The molecule has 0 radical (unpaired) electrons. The number of amides is 3. The van der Waals surface area contributed by atoms with E-state index < -0.39 is 29.2 Å². The Kier molecular flexibility index (Phi) is 9.62. The molecule has 7 rings (SSSR count). The summed E-state index contributed by atoms with van der Waals surface area (Å²) < 4.78 is 16.6. The number of rotatable bonds is 5. The summed E-state index contributed by atoms with van der Waals surface area (Å²) in [6, 6.07) is 6.72. The van der Waals surface area contributed by atoms with Crippen molar-refractivity contribution >= 4 is 46.0 Å². The first-order valence-electron chi connectivity index (χ1n) is 18.0. The van der Waals surface area contributed by atoms with Crippen LogP contribution in [-0.4, -0.2) is 66.8 Å². The molecule has 52 heavy (non-hydrogen) atoms. The number of aryl methyl sites for hydroxylation is 2. The van der Waals surface area contributed by atoms with E-state index in [1.165, 1.54) is 13.0 Å². The zero-order valence-electron chi connectivity index (χ0n) is 29.8. The number of Topliss-reactive ketones (excluding diaryl/α,β-unsaturated/α-hetero) is 1. The third-order valence-corrected chi connectivity index (χ3v) is 11.6. The van der Waals surface area contributed by atoms with Crippen LogP contribution in [0.4, 0.5) is 4.39 Å². The van der Waals surface area contributed by atoms with Crippen molar-refractivity contribution in [2.45, 2.75) is 97.3 Å². The van der Waals surface area contributed by atoms with Crippen molar-refractivity contribution in [3.63, 3.8) is 0 Å². The third-order valence-electron chi connectivity index (χ3n) is 11.3. The highest BCUT2D eigenvalue weighted by atomic mass is 35.5. The molecule has 4 heterocycles. The maximum atomic E-state index is 14.9. The van der Waals surface area contributed by atoms with E-state index in [9.17, 15) is 23.6 Å². The molecule has 2 fully saturated rings. The van der Waals surface area contributed by atoms with E-state index in [1.807, 2.05) is 19.9 Å². The number of carbonyl (C=O) groups excluding carboxylic acids is 4. The van der Waals surface area contributed by atoms with Gasteiger partial charge < -0.3 is 15.5 Å². The Balaban J connectivity index is 1.28. The molecular weight excluding hydrogens is 685 g/mol. The van der Waals surface area contributed by atoms with Gasteiger partial charge in [-0.15, -0.1) is 0 Å². The van der Waals surface area contributed by atoms with Gasteiger partial charge in [0, 0.05) is 60.3 Å². The molecule has 2 N–H and O–H groups in total. The van der Waals surface area contributed by atoms with Crippen LogP contribution in [0.2, 0.25) is 5.02 Å². The van der Waals surface area contributed by atoms with Gasteiger partial charge in [0.05, 0.1) is 16.6 Å². The van der Waals surface area contributed by atoms with E-state index in [2.05, 4.69) is 26.7 Å². The molecule has 5 atom stereocenters. The molecule has 1 aliphatic carbocycles. The summed E-state index contributed by atoms with van der Waals surface area (Å²) in [4.78, 5) is 65.1. The van der Waals surface area contributed by atoms with E-state index in [0.29, 0.717) is 42.5 Å². The monoisotopic (exact) mass is 727 g/mol. The van der Waals surface area contributed by atoms with Gasteiger partial charge in [0.1, 0.15) is 29.9 Å². The smallest absolute Gasteiger partial charge is 0.245 e. The predicted octanol–water partition coefficient (Wildman–Crippen LogP) is 5.90. The number of piperidine rings is 1. The fraction of sp³-hybridized carbons (Fsp3) is 0.462. The van der Waals surface area contributed by atoms with Gasteiger partial charge in [-0.1, -0.05) is 43.5 Å². The van der Waals surface area contributed by atoms with Crippen molar-refractivity contribution in [1.29, 1.82) is 0 Å². The molecule has 3 aliphatic rings. The Hall–Kier alpha value is -4.71. The highest BCUT2D eigenvalue weighted by molar-refractivity contribution is 6.30. The van der Waals surface area contributed by atoms with Crippen molar-refractivity contribution < 1.29 is 23.6 Å². The Bertz CT molecular complexity index is 2080. The summed E-state index contributed by atoms with van der Waals surface area (Å²) in [7, 11) is 0. The summed E-state index contributed by atoms with van der Waals surface area (Å²) in [6.07, 6.45) is 8.27. The molecule has 1 saturated heterocycles. The van der Waals surface area contributed by atoms with Crippen LogP contribution in [0.15, 0.2) is 42.7 Å². The Morgan fingerprint density at radius 2 is 1.81 bits per heavy atom. The standard InChI is InChI=1S/C39H43ClFN7O4/c1-21-37-39(21)16-31(38(52)45-22(2)28-11-9-12-30(40)34(28)41)48(37)33(51)19-47-36-25(10-7-5-6-8-13-32(50)44-20-39)14-26(27-17-42-24(4)43-18-27)15-29(36)35(46-47)23(3)49/h9,11-12,14-15,17-18,21-22,31,37H,5-8,10,13,16,19-20H2,1-4H3,(H,44,50)(H,45,52)/t21?,22-,31-,37?,39+/m0/s1. The van der Waals surface area contributed by atoms with Crippen molar-refractivity contribution in [3.8, 4) is 11.1 Å². The lowest BCUT2D eigenvalue weighted by Crippen LogP contribution is -2.50. The van der Waals surface area contributed by atoms with Gasteiger partial charge in [-0.25, -0.2) is 14.4 Å². The SMILES string of the molecule is CC(=O)c1nn2c3c(cc(-c4cnc(C)nc4)cc13)CCCCCCC(=O)NC[C@@]13C[C@@H](C(=O)N[C@@H](C)c4cccc(Cl)c4F)N(C(=O)C2)C1C3C. The Morgan fingerprint density at radius 3 is 2.54 bits per heavy atom. The maximum absolute atomic E-state index is 14.9. The van der Waals surface area contributed by atoms with Gasteiger partial charge in [0.25, 0.3) is 0 Å². The molecule has 2 aromatic carbocycles. The van der Waals surface area contributed by atoms with Crippen LogP contribution >= 0.6 is 11.6 Å². The normalized spacial score (nSPS) is 24.2. The number of ketones is 1. The second-order valence-electron chi connectivity index (χ2n) is 14.7. The first kappa shape index (κ1) is 35.7. The lowest BCUT2D eigenvalue weighted by Gasteiger charge is -2.29. The average molecular weight is 728 g/mol. The van der Waals surface area contributed by atoms with Gasteiger partial charge in [-0.3, -0.25) is 23.9 Å². The Morgan fingerprint density at radius 1 is 1.08 bits per heavy atom. The average Bonchev–Trinajstić information content (AvgIpc) is 3.37. The van der Waals surface area contributed by atoms with Gasteiger partial charge in [0.2, 0.25) is 17.7 Å². The maximum Gasteiger partial charge on any atom is 0.245 e. The molecule has 2 aromatic heterocycles. The fourth-order valence-electron chi connectivity index (χ4n) is 8.47. The van der Waals surface area contributed by atoms with Gasteiger partial charge in [0.15, 0.2) is 5.78 Å². The van der Waals surface area contributed by atoms with Crippen LogP contribution < -0.4 is 10.6 Å². The third kappa shape index (κ3) is 6.46. The second-order valence-corrected chi connectivity index (χ2v) is 15.1. The number of halogens is 2. The number of aromatic nitrogens is 4. The van der Waals surface area contributed by atoms with Crippen LogP contribution in [0.25, 0.3) is 22.0 Å². The zero-order chi connectivity index (χ0) is 36.9. The summed E-state index contributed by atoms with van der Waals surface area (Å²) in [6.45, 7) is 7.15. The molecule has 4 aromatic rings. The molecule has 2 aliphatic heterocycles. The topological polar surface area (TPSA) is 139 Å². The van der Waals surface area contributed by atoms with Crippen molar-refractivity contribution in [2.24, 2.45) is 11.3 Å². The minimum atomic E-state index is -0.865. The summed E-state index contributed by atoms with van der Waals surface area (Å²) in [5.41, 5.74) is 3.30. The van der Waals surface area contributed by atoms with Crippen LogP contribution in [0.5, 0.6) is 0 Å². The van der Waals surface area contributed by atoms with E-state index in [4.69, 9.17) is 16.7 Å². The van der Waals surface area contributed by atoms with Gasteiger partial charge in [-0.2, -0.15) is 5.10 Å². The highest BCUT2D eigenvalue weighted by Gasteiger charge is 2.72. The summed E-state index contributed by atoms with van der Waals surface area (Å²) in [5, 5.41) is 11.4. The molecular formula is C39H43ClFN7O4. The lowest BCUT2D eigenvalue weighted by atomic mass is 9.95. The summed E-state index contributed by atoms with van der Waals surface area (Å²) in [5.74, 6) is -0.949. The van der Waals surface area contributed by atoms with Crippen LogP contribution in [0.1, 0.15) is 92.8 Å². The van der Waals surface area contributed by atoms with E-state index >= 15 is 0 Å². The lowest BCUT2D eigenvalue weighted by molar-refractivity contribution is -0.141. The molecule has 11 nitrogen and oxygen atoms in total. The number of benzene rings is 2. The minimum Gasteiger partial charge on any atom is -0.355 e. The molecule has 0 spiro atoms. The number of carbonyl (C=O) groups is 4. The first-order chi connectivity index (χ1) is 24.9. The molecule has 1 saturated carbocycles. The first-order valence-corrected chi connectivity index (χ1v) is 18.4. The molecule has 2 bridgehead atoms. The highest BCUT2D eigenvalue weighted by Crippen LogP contribution is 2.64. The van der Waals surface area contributed by atoms with E-state index in [1.54, 1.807) is 41.0 Å². The van der Waals surface area contributed by atoms with E-state index in [-0.39, 0.29) is 52.4 Å². The predicted molar refractivity (Wildman–Crippen MR) is 194 cm³/mol. The number of nitrogens with one attached hydrogen (secondary N) is 2. The van der Waals surface area contributed by atoms with Crippen LogP contribution in [0, 0.1) is 24.1 Å². The van der Waals surface area contributed by atoms with Gasteiger partial charge in [-0.05, 0) is 74.8 Å². The van der Waals surface area contributed by atoms with Gasteiger partial charge >= 0.3 is 0 Å². The number of hydrogen-bond acceptors (Lipinski definition) is 7. The van der Waals surface area contributed by atoms with Crippen molar-refractivity contribution in [3.05, 3.63) is 76.2 Å². The number of nitrogens with zero attached hydrogens (tertiary/aromatic N) is 5. The van der Waals surface area contributed by atoms with Crippen LogP contribution in [-0.2, 0) is 27.3 Å². The minimum absolute atomic E-state index is 0.0273. The van der Waals surface area contributed by atoms with Crippen molar-refractivity contribution in [2.75, 3.05) is 6.54 Å². The summed E-state index contributed by atoms with van der Waals surface area (Å²) >= 11 is 6.04. The second kappa shape index (κ2) is 14.0. The molecule has 2 unspecified atom stereocenters. The largest absolute Gasteiger partial charge is 0.355 e. The molecule has 13 heteroatoms. The molecule has 272 valence electrons. The Labute approximate surface area is 306 Å². The fourth-order valence-corrected chi connectivity index (χ4v) is 8.65. The quantitative estimate of drug-likeness (QED) is 0.244. The zero-order valence-corrected chi connectivity index (χ0v) is 30.6. The molecule has 3 amide bonds. The van der Waals surface area contributed by atoms with Crippen molar-refractivity contribution in [1.82, 2.24) is 35.3 Å². The van der Waals surface area contributed by atoms with E-state index in [0.717, 1.165) is 42.4 Å².